The van der Waals surface area contributed by atoms with Crippen LogP contribution in [0.1, 0.15) is 60.4 Å². The van der Waals surface area contributed by atoms with Crippen LogP contribution in [0.2, 0.25) is 0 Å². The molecular formula is C20H22O3. The van der Waals surface area contributed by atoms with Crippen LogP contribution in [-0.2, 0) is 5.41 Å². The molecule has 0 aliphatic heterocycles. The van der Waals surface area contributed by atoms with E-state index in [0.717, 1.165) is 5.56 Å². The molecule has 0 spiro atoms. The van der Waals surface area contributed by atoms with Gasteiger partial charge in [-0.05, 0) is 47.4 Å². The van der Waals surface area contributed by atoms with Crippen LogP contribution in [0.3, 0.4) is 0 Å². The van der Waals surface area contributed by atoms with Gasteiger partial charge in [0.05, 0.1) is 5.56 Å². The van der Waals surface area contributed by atoms with E-state index >= 15 is 0 Å². The molecule has 3 nitrogen and oxygen atoms in total. The van der Waals surface area contributed by atoms with Crippen molar-refractivity contribution in [2.24, 2.45) is 0 Å². The van der Waals surface area contributed by atoms with Gasteiger partial charge in [0.25, 0.3) is 0 Å². The fraction of sp³-hybridized carbons (Fsp3) is 0.300. The summed E-state index contributed by atoms with van der Waals surface area (Å²) in [7, 11) is 0. The number of carbonyl (C=O) groups excluding carboxylic acids is 2. The lowest BCUT2D eigenvalue weighted by Gasteiger charge is -2.18. The molecule has 0 atom stereocenters. The summed E-state index contributed by atoms with van der Waals surface area (Å²) in [6.07, 6.45) is 0.458. The molecule has 0 heterocycles. The topological polar surface area (TPSA) is 43.4 Å². The largest absolute Gasteiger partial charge is 0.423 e. The maximum Gasteiger partial charge on any atom is 0.343 e. The predicted octanol–water partition coefficient (Wildman–Crippen LogP) is 4.80. The van der Waals surface area contributed by atoms with Crippen LogP contribution >= 0.6 is 0 Å². The molecule has 0 aliphatic carbocycles. The van der Waals surface area contributed by atoms with E-state index in [-0.39, 0.29) is 11.2 Å². The SMILES string of the molecule is CCC(=O)c1ccc(OC(=O)c2ccc(C(C)(C)C)cc2)cc1. The summed E-state index contributed by atoms with van der Waals surface area (Å²) in [5.74, 6) is 0.100. The van der Waals surface area contributed by atoms with Gasteiger partial charge in [0.2, 0.25) is 0 Å². The second kappa shape index (κ2) is 6.78. The molecule has 2 aromatic carbocycles. The molecule has 0 amide bonds. The van der Waals surface area contributed by atoms with Crippen molar-refractivity contribution in [2.75, 3.05) is 0 Å². The highest BCUT2D eigenvalue weighted by atomic mass is 16.5. The molecule has 0 radical (unpaired) electrons. The minimum atomic E-state index is -0.403. The second-order valence-electron chi connectivity index (χ2n) is 6.52. The summed E-state index contributed by atoms with van der Waals surface area (Å²) in [5, 5.41) is 0. The molecule has 23 heavy (non-hydrogen) atoms. The first-order valence-electron chi connectivity index (χ1n) is 7.77. The van der Waals surface area contributed by atoms with E-state index in [1.165, 1.54) is 0 Å². The number of carbonyl (C=O) groups is 2. The van der Waals surface area contributed by atoms with Gasteiger partial charge in [-0.2, -0.15) is 0 Å². The molecule has 0 fully saturated rings. The Morgan fingerprint density at radius 2 is 1.39 bits per heavy atom. The molecule has 0 aromatic heterocycles. The average Bonchev–Trinajstić information content (AvgIpc) is 2.54. The van der Waals surface area contributed by atoms with Crippen LogP contribution in [0.5, 0.6) is 5.75 Å². The Kier molecular flexibility index (Phi) is 4.99. The minimum Gasteiger partial charge on any atom is -0.423 e. The number of hydrogen-bond acceptors (Lipinski definition) is 3. The highest BCUT2D eigenvalue weighted by Gasteiger charge is 2.15. The first kappa shape index (κ1) is 16.9. The maximum absolute atomic E-state index is 12.2. The number of ether oxygens (including phenoxy) is 1. The highest BCUT2D eigenvalue weighted by Crippen LogP contribution is 2.23. The first-order chi connectivity index (χ1) is 10.8. The average molecular weight is 310 g/mol. The van der Waals surface area contributed by atoms with Gasteiger partial charge >= 0.3 is 5.97 Å². The number of esters is 1. The van der Waals surface area contributed by atoms with E-state index in [9.17, 15) is 9.59 Å². The van der Waals surface area contributed by atoms with Crippen molar-refractivity contribution in [3.63, 3.8) is 0 Å². The smallest absolute Gasteiger partial charge is 0.343 e. The van der Waals surface area contributed by atoms with E-state index < -0.39 is 5.97 Å². The lowest BCUT2D eigenvalue weighted by Crippen LogP contribution is -2.13. The van der Waals surface area contributed by atoms with Crippen LogP contribution in [0, 0.1) is 0 Å². The van der Waals surface area contributed by atoms with Gasteiger partial charge in [-0.3, -0.25) is 4.79 Å². The monoisotopic (exact) mass is 310 g/mol. The van der Waals surface area contributed by atoms with Crippen molar-refractivity contribution in [2.45, 2.75) is 39.5 Å². The van der Waals surface area contributed by atoms with Gasteiger partial charge in [0, 0.05) is 12.0 Å². The summed E-state index contributed by atoms with van der Waals surface area (Å²) in [4.78, 5) is 23.7. The molecule has 3 heteroatoms. The summed E-state index contributed by atoms with van der Waals surface area (Å²) >= 11 is 0. The van der Waals surface area contributed by atoms with Crippen LogP contribution in [0.15, 0.2) is 48.5 Å². The Bertz CT molecular complexity index is 689. The fourth-order valence-electron chi connectivity index (χ4n) is 2.19. The third-order valence-corrected chi connectivity index (χ3v) is 3.69. The summed E-state index contributed by atoms with van der Waals surface area (Å²) in [6.45, 7) is 8.19. The van der Waals surface area contributed by atoms with Crippen molar-refractivity contribution in [1.82, 2.24) is 0 Å². The van der Waals surface area contributed by atoms with Gasteiger partial charge in [-0.25, -0.2) is 4.79 Å². The lowest BCUT2D eigenvalue weighted by molar-refractivity contribution is 0.0734. The van der Waals surface area contributed by atoms with Crippen molar-refractivity contribution in [3.05, 3.63) is 65.2 Å². The maximum atomic E-state index is 12.2. The molecular weight excluding hydrogens is 288 g/mol. The van der Waals surface area contributed by atoms with Gasteiger partial charge in [-0.1, -0.05) is 39.8 Å². The highest BCUT2D eigenvalue weighted by molar-refractivity contribution is 5.96. The van der Waals surface area contributed by atoms with Crippen molar-refractivity contribution in [1.29, 1.82) is 0 Å². The zero-order valence-electron chi connectivity index (χ0n) is 14.1. The van der Waals surface area contributed by atoms with Crippen LogP contribution in [-0.4, -0.2) is 11.8 Å². The fourth-order valence-corrected chi connectivity index (χ4v) is 2.19. The van der Waals surface area contributed by atoms with Gasteiger partial charge in [-0.15, -0.1) is 0 Å². The standard InChI is InChI=1S/C20H22O3/c1-5-18(21)14-8-12-17(13-9-14)23-19(22)15-6-10-16(11-7-15)20(2,3)4/h6-13H,5H2,1-4H3. The molecule has 0 bridgehead atoms. The van der Waals surface area contributed by atoms with E-state index in [1.54, 1.807) is 36.4 Å². The van der Waals surface area contributed by atoms with Crippen LogP contribution in [0.25, 0.3) is 0 Å². The molecule has 120 valence electrons. The van der Waals surface area contributed by atoms with E-state index in [1.807, 2.05) is 19.1 Å². The molecule has 0 saturated heterocycles. The lowest BCUT2D eigenvalue weighted by atomic mass is 9.87. The molecule has 0 unspecified atom stereocenters. The van der Waals surface area contributed by atoms with Crippen molar-refractivity contribution in [3.8, 4) is 5.75 Å². The number of hydrogen-bond donors (Lipinski definition) is 0. The quantitative estimate of drug-likeness (QED) is 0.463. The zero-order chi connectivity index (χ0) is 17.0. The van der Waals surface area contributed by atoms with E-state index in [2.05, 4.69) is 20.8 Å². The molecule has 0 N–H and O–H groups in total. The Morgan fingerprint density at radius 1 is 0.870 bits per heavy atom. The number of rotatable bonds is 4. The van der Waals surface area contributed by atoms with Crippen molar-refractivity contribution < 1.29 is 14.3 Å². The summed E-state index contributed by atoms with van der Waals surface area (Å²) < 4.78 is 5.34. The number of benzene rings is 2. The van der Waals surface area contributed by atoms with E-state index in [0.29, 0.717) is 23.3 Å². The normalized spacial score (nSPS) is 11.1. The van der Waals surface area contributed by atoms with Crippen molar-refractivity contribution >= 4 is 11.8 Å². The zero-order valence-corrected chi connectivity index (χ0v) is 14.1. The third kappa shape index (κ3) is 4.28. The molecule has 2 rings (SSSR count). The molecule has 0 saturated carbocycles. The third-order valence-electron chi connectivity index (χ3n) is 3.69. The summed E-state index contributed by atoms with van der Waals surface area (Å²) in [5.41, 5.74) is 2.34. The number of ketones is 1. The molecule has 0 aliphatic rings. The Balaban J connectivity index is 2.08. The minimum absolute atomic E-state index is 0.0457. The first-order valence-corrected chi connectivity index (χ1v) is 7.77. The van der Waals surface area contributed by atoms with E-state index in [4.69, 9.17) is 4.74 Å². The molecule has 2 aromatic rings. The Hall–Kier alpha value is -2.42. The number of Topliss-reactive ketones (excluding diaryl/α,β-unsaturated/α-hetero) is 1. The predicted molar refractivity (Wildman–Crippen MR) is 91.2 cm³/mol. The van der Waals surface area contributed by atoms with Gasteiger partial charge in [0.15, 0.2) is 5.78 Å². The van der Waals surface area contributed by atoms with Gasteiger partial charge < -0.3 is 4.74 Å². The second-order valence-corrected chi connectivity index (χ2v) is 6.52. The Morgan fingerprint density at radius 3 is 1.87 bits per heavy atom. The summed E-state index contributed by atoms with van der Waals surface area (Å²) in [6, 6.07) is 14.1. The van der Waals surface area contributed by atoms with Gasteiger partial charge in [0.1, 0.15) is 5.75 Å². The Labute approximate surface area is 137 Å². The van der Waals surface area contributed by atoms with Crippen LogP contribution < -0.4 is 4.74 Å². The van der Waals surface area contributed by atoms with Crippen LogP contribution in [0.4, 0.5) is 0 Å².